The highest BCUT2D eigenvalue weighted by molar-refractivity contribution is 6.32. The maximum absolute atomic E-state index is 14.8. The number of carbonyl (C=O) groups excluding carboxylic acids is 3. The number of fused-ring (bicyclic) bond motifs is 5. The molecule has 7 rings (SSSR count). The van der Waals surface area contributed by atoms with Crippen molar-refractivity contribution in [2.75, 3.05) is 18.6 Å². The Morgan fingerprint density at radius 1 is 0.833 bits per heavy atom. The fraction of sp³-hybridized carbons (Fsp3) is 0.194. The first-order valence-electron chi connectivity index (χ1n) is 14.2. The summed E-state index contributed by atoms with van der Waals surface area (Å²) >= 11 is 0. The van der Waals surface area contributed by atoms with Crippen molar-refractivity contribution in [3.05, 3.63) is 131 Å². The van der Waals surface area contributed by atoms with E-state index in [4.69, 9.17) is 9.47 Å². The number of methoxy groups -OCH3 is 1. The number of hydrogen-bond donors (Lipinski definition) is 0. The van der Waals surface area contributed by atoms with Crippen molar-refractivity contribution in [3.63, 3.8) is 0 Å². The summed E-state index contributed by atoms with van der Waals surface area (Å²) in [5, 5.41) is 0. The monoisotopic (exact) mass is 555 g/mol. The molecule has 1 spiro atoms. The Morgan fingerprint density at radius 2 is 1.48 bits per heavy atom. The Kier molecular flexibility index (Phi) is 6.08. The number of carbonyl (C=O) groups is 3. The first kappa shape index (κ1) is 26.0. The molecule has 1 saturated heterocycles. The smallest absolute Gasteiger partial charge is 0.185 e. The first-order chi connectivity index (χ1) is 20.5. The third-order valence-electron chi connectivity index (χ3n) is 8.91. The molecule has 1 aliphatic carbocycles. The second-order valence-electron chi connectivity index (χ2n) is 10.8. The Morgan fingerprint density at radius 3 is 2.17 bits per heavy atom. The number of ketones is 3. The summed E-state index contributed by atoms with van der Waals surface area (Å²) in [6.07, 6.45) is 3.90. The maximum atomic E-state index is 14.8. The van der Waals surface area contributed by atoms with Gasteiger partial charge in [-0.2, -0.15) is 0 Å². The minimum absolute atomic E-state index is 0.183. The van der Waals surface area contributed by atoms with Crippen LogP contribution in [0.15, 0.2) is 103 Å². The number of hydrogen-bond acceptors (Lipinski definition) is 6. The van der Waals surface area contributed by atoms with Gasteiger partial charge in [0.25, 0.3) is 0 Å². The SMILES string of the molecule is CCOc1ccccc1[C@H]1[C@H](C(=O)c2ccc(OC)cc2)N2c3ccccc3C=C[C@@H]2C12C(=O)c1ccccc1C2=O. The van der Waals surface area contributed by atoms with Gasteiger partial charge in [-0.3, -0.25) is 14.4 Å². The lowest BCUT2D eigenvalue weighted by Crippen LogP contribution is -2.48. The summed E-state index contributed by atoms with van der Waals surface area (Å²) in [7, 11) is 1.58. The Labute approximate surface area is 244 Å². The molecule has 3 atom stereocenters. The normalized spacial score (nSPS) is 21.2. The van der Waals surface area contributed by atoms with Gasteiger partial charge in [-0.05, 0) is 48.9 Å². The molecule has 0 N–H and O–H groups in total. The van der Waals surface area contributed by atoms with E-state index in [9.17, 15) is 14.4 Å². The molecule has 0 unspecified atom stereocenters. The van der Waals surface area contributed by atoms with Gasteiger partial charge in [0, 0.05) is 33.9 Å². The van der Waals surface area contributed by atoms with Gasteiger partial charge in [-0.15, -0.1) is 0 Å². The maximum Gasteiger partial charge on any atom is 0.185 e. The van der Waals surface area contributed by atoms with Crippen LogP contribution in [0.2, 0.25) is 0 Å². The van der Waals surface area contributed by atoms with E-state index in [0.29, 0.717) is 40.4 Å². The topological polar surface area (TPSA) is 72.9 Å². The van der Waals surface area contributed by atoms with E-state index >= 15 is 0 Å². The van der Waals surface area contributed by atoms with Crippen LogP contribution in [-0.4, -0.2) is 43.2 Å². The van der Waals surface area contributed by atoms with Gasteiger partial charge in [0.1, 0.15) is 23.0 Å². The van der Waals surface area contributed by atoms with Gasteiger partial charge in [0.05, 0.1) is 19.8 Å². The Balaban J connectivity index is 1.54. The molecule has 6 nitrogen and oxygen atoms in total. The second kappa shape index (κ2) is 9.84. The molecule has 2 aliphatic heterocycles. The fourth-order valence-corrected chi connectivity index (χ4v) is 7.21. The standard InChI is InChI=1S/C36H29NO5/c1-3-42-29-15-9-7-13-27(29)31-32(33(38)23-16-19-24(41-2)20-17-23)37-28-14-8-4-10-22(28)18-21-30(37)36(31)34(39)25-11-5-6-12-26(25)35(36)40/h4-21,30-32H,3H2,1-2H3/t30-,31+,32-/m1/s1. The third-order valence-corrected chi connectivity index (χ3v) is 8.91. The molecule has 0 bridgehead atoms. The zero-order chi connectivity index (χ0) is 29.0. The molecule has 0 aromatic heterocycles. The minimum atomic E-state index is -1.58. The van der Waals surface area contributed by atoms with Crippen LogP contribution < -0.4 is 14.4 Å². The van der Waals surface area contributed by atoms with Gasteiger partial charge in [0.15, 0.2) is 17.3 Å². The van der Waals surface area contributed by atoms with E-state index in [1.54, 1.807) is 55.6 Å². The van der Waals surface area contributed by atoms with Crippen LogP contribution in [0.1, 0.15) is 55.0 Å². The average molecular weight is 556 g/mol. The summed E-state index contributed by atoms with van der Waals surface area (Å²) in [6.45, 7) is 2.29. The van der Waals surface area contributed by atoms with E-state index in [1.165, 1.54) is 0 Å². The number of nitrogens with zero attached hydrogens (tertiary/aromatic N) is 1. The van der Waals surface area contributed by atoms with Crippen molar-refractivity contribution in [2.45, 2.75) is 24.9 Å². The molecule has 1 fully saturated rings. The van der Waals surface area contributed by atoms with Crippen molar-refractivity contribution in [1.29, 1.82) is 0 Å². The lowest BCUT2D eigenvalue weighted by Gasteiger charge is -2.37. The second-order valence-corrected chi connectivity index (χ2v) is 10.8. The fourth-order valence-electron chi connectivity index (χ4n) is 7.21. The van der Waals surface area contributed by atoms with Crippen LogP contribution in [0.5, 0.6) is 11.5 Å². The van der Waals surface area contributed by atoms with E-state index in [-0.39, 0.29) is 17.3 Å². The Hall–Kier alpha value is -4.97. The van der Waals surface area contributed by atoms with Crippen LogP contribution in [0.4, 0.5) is 5.69 Å². The van der Waals surface area contributed by atoms with E-state index in [2.05, 4.69) is 0 Å². The van der Waals surface area contributed by atoms with Crippen molar-refractivity contribution in [3.8, 4) is 11.5 Å². The summed E-state index contributed by atoms with van der Waals surface area (Å²) in [5.74, 6) is -0.341. The molecule has 0 saturated carbocycles. The first-order valence-corrected chi connectivity index (χ1v) is 14.2. The van der Waals surface area contributed by atoms with Gasteiger partial charge >= 0.3 is 0 Å². The average Bonchev–Trinajstić information content (AvgIpc) is 3.47. The lowest BCUT2D eigenvalue weighted by atomic mass is 9.64. The van der Waals surface area contributed by atoms with Crippen molar-refractivity contribution < 1.29 is 23.9 Å². The number of rotatable bonds is 6. The van der Waals surface area contributed by atoms with Crippen LogP contribution in [-0.2, 0) is 0 Å². The molecule has 42 heavy (non-hydrogen) atoms. The van der Waals surface area contributed by atoms with Gasteiger partial charge in [-0.25, -0.2) is 0 Å². The minimum Gasteiger partial charge on any atom is -0.497 e. The highest BCUT2D eigenvalue weighted by Gasteiger charge is 2.71. The van der Waals surface area contributed by atoms with Crippen LogP contribution in [0.3, 0.4) is 0 Å². The summed E-state index contributed by atoms with van der Waals surface area (Å²) in [4.78, 5) is 46.4. The lowest BCUT2D eigenvalue weighted by molar-refractivity contribution is 0.0664. The van der Waals surface area contributed by atoms with Crippen molar-refractivity contribution in [2.24, 2.45) is 5.41 Å². The van der Waals surface area contributed by atoms with Gasteiger partial charge in [0.2, 0.25) is 0 Å². The summed E-state index contributed by atoms with van der Waals surface area (Å²) in [6, 6.07) is 27.7. The molecule has 3 aliphatic rings. The quantitative estimate of drug-likeness (QED) is 0.202. The predicted molar refractivity (Wildman–Crippen MR) is 161 cm³/mol. The van der Waals surface area contributed by atoms with Crippen molar-refractivity contribution in [1.82, 2.24) is 0 Å². The zero-order valence-electron chi connectivity index (χ0n) is 23.3. The molecule has 0 radical (unpaired) electrons. The number of anilines is 1. The van der Waals surface area contributed by atoms with Gasteiger partial charge in [-0.1, -0.05) is 72.8 Å². The van der Waals surface area contributed by atoms with E-state index in [0.717, 1.165) is 11.3 Å². The zero-order valence-corrected chi connectivity index (χ0v) is 23.3. The molecule has 6 heteroatoms. The molecule has 0 amide bonds. The van der Waals surface area contributed by atoms with Crippen LogP contribution in [0, 0.1) is 5.41 Å². The highest BCUT2D eigenvalue weighted by atomic mass is 16.5. The molecule has 4 aromatic carbocycles. The van der Waals surface area contributed by atoms with Crippen LogP contribution >= 0.6 is 0 Å². The molecule has 2 heterocycles. The highest BCUT2D eigenvalue weighted by Crippen LogP contribution is 2.62. The van der Waals surface area contributed by atoms with E-state index < -0.39 is 23.4 Å². The molecular weight excluding hydrogens is 526 g/mol. The summed E-state index contributed by atoms with van der Waals surface area (Å²) in [5.41, 5.74) is 2.08. The van der Waals surface area contributed by atoms with Crippen molar-refractivity contribution >= 4 is 29.1 Å². The van der Waals surface area contributed by atoms with E-state index in [1.807, 2.05) is 72.5 Å². The van der Waals surface area contributed by atoms with Crippen LogP contribution in [0.25, 0.3) is 6.08 Å². The molecule has 208 valence electrons. The number of Topliss-reactive ketones (excluding diaryl/α,β-unsaturated/α-hetero) is 3. The number of para-hydroxylation sites is 2. The predicted octanol–water partition coefficient (Wildman–Crippen LogP) is 6.41. The van der Waals surface area contributed by atoms with Gasteiger partial charge < -0.3 is 14.4 Å². The third kappa shape index (κ3) is 3.48. The largest absolute Gasteiger partial charge is 0.497 e. The number of benzene rings is 4. The molecule has 4 aromatic rings. The molecular formula is C36H29NO5. The Bertz CT molecular complexity index is 1740. The summed E-state index contributed by atoms with van der Waals surface area (Å²) < 4.78 is 11.4. The number of ether oxygens (including phenoxy) is 2.